The molecule has 8 heteroatoms. The molecule has 32 heavy (non-hydrogen) atoms. The van der Waals surface area contributed by atoms with E-state index in [1.54, 1.807) is 0 Å². The maximum Gasteiger partial charge on any atom is 0.309 e. The Morgan fingerprint density at radius 2 is 1.88 bits per heavy atom. The molecule has 7 nitrogen and oxygen atoms in total. The molecule has 2 aliphatic heterocycles. The summed E-state index contributed by atoms with van der Waals surface area (Å²) < 4.78 is 5.17. The van der Waals surface area contributed by atoms with Crippen LogP contribution < -0.4 is 10.2 Å². The summed E-state index contributed by atoms with van der Waals surface area (Å²) in [7, 11) is 1.84. The summed E-state index contributed by atoms with van der Waals surface area (Å²) in [5, 5.41) is 3.51. The molecule has 0 aromatic heterocycles. The average Bonchev–Trinajstić information content (AvgIpc) is 2.80. The van der Waals surface area contributed by atoms with Gasteiger partial charge in [-0.3, -0.25) is 14.7 Å². The number of rotatable bonds is 7. The normalized spacial score (nSPS) is 18.3. The van der Waals surface area contributed by atoms with E-state index in [-0.39, 0.29) is 35.9 Å². The number of aryl methyl sites for hydroxylation is 1. The summed E-state index contributed by atoms with van der Waals surface area (Å²) in [6.45, 7) is 12.6. The molecule has 1 N–H and O–H groups in total. The predicted molar refractivity (Wildman–Crippen MR) is 142 cm³/mol. The number of anilines is 1. The zero-order valence-electron chi connectivity index (χ0n) is 19.9. The minimum absolute atomic E-state index is 0. The fourth-order valence-corrected chi connectivity index (χ4v) is 4.48. The number of esters is 1. The Labute approximate surface area is 210 Å². The second-order valence-electron chi connectivity index (χ2n) is 8.51. The fourth-order valence-electron chi connectivity index (χ4n) is 4.48. The zero-order valence-corrected chi connectivity index (χ0v) is 22.2. The number of benzene rings is 1. The lowest BCUT2D eigenvalue weighted by Gasteiger charge is -2.36. The number of halogens is 1. The number of hydrogen-bond donors (Lipinski definition) is 1. The van der Waals surface area contributed by atoms with Crippen LogP contribution in [-0.2, 0) is 9.53 Å². The van der Waals surface area contributed by atoms with Crippen molar-refractivity contribution in [3.63, 3.8) is 0 Å². The lowest BCUT2D eigenvalue weighted by atomic mass is 9.97. The minimum atomic E-state index is -0.0485. The Morgan fingerprint density at radius 1 is 1.16 bits per heavy atom. The van der Waals surface area contributed by atoms with E-state index in [2.05, 4.69) is 56.2 Å². The molecule has 1 aromatic carbocycles. The van der Waals surface area contributed by atoms with Crippen LogP contribution in [0, 0.1) is 12.8 Å². The number of hydrogen-bond acceptors (Lipinski definition) is 5. The predicted octanol–water partition coefficient (Wildman–Crippen LogP) is 2.98. The van der Waals surface area contributed by atoms with E-state index < -0.39 is 0 Å². The van der Waals surface area contributed by atoms with Crippen molar-refractivity contribution in [2.45, 2.75) is 33.1 Å². The number of aliphatic imine (C=N–C) groups is 1. The molecule has 0 spiro atoms. The molecular weight excluding hydrogens is 517 g/mol. The van der Waals surface area contributed by atoms with E-state index in [0.29, 0.717) is 6.61 Å². The summed E-state index contributed by atoms with van der Waals surface area (Å²) in [5.74, 6) is 0.937. The Morgan fingerprint density at radius 3 is 2.50 bits per heavy atom. The average molecular weight is 558 g/mol. The highest BCUT2D eigenvalue weighted by Gasteiger charge is 2.27. The van der Waals surface area contributed by atoms with Crippen LogP contribution in [0.2, 0.25) is 0 Å². The molecule has 0 saturated carbocycles. The van der Waals surface area contributed by atoms with E-state index in [1.807, 2.05) is 14.0 Å². The van der Waals surface area contributed by atoms with Crippen LogP contribution in [0.15, 0.2) is 29.3 Å². The number of nitrogens with one attached hydrogen (secondary N) is 1. The number of guanidine groups is 1. The van der Waals surface area contributed by atoms with Crippen molar-refractivity contribution >= 4 is 41.6 Å². The van der Waals surface area contributed by atoms with Crippen LogP contribution in [0.5, 0.6) is 0 Å². The van der Waals surface area contributed by atoms with Gasteiger partial charge in [0.25, 0.3) is 0 Å². The number of piperidine rings is 1. The molecule has 2 fully saturated rings. The highest BCUT2D eigenvalue weighted by molar-refractivity contribution is 14.0. The van der Waals surface area contributed by atoms with Gasteiger partial charge in [0.2, 0.25) is 0 Å². The van der Waals surface area contributed by atoms with Crippen LogP contribution in [0.3, 0.4) is 0 Å². The standard InChI is InChI=1S/C24H39N5O2.HI/c1-4-31-23(30)21-9-13-29(14-10-21)24(25-3)26-11-6-12-27-15-17-28(18-16-27)22-8-5-7-20(2)19-22;/h5,7-8,19,21H,4,6,9-18H2,1-3H3,(H,25,26);1H. The SMILES string of the molecule is CCOC(=O)C1CCN(C(=NC)NCCCN2CCN(c3cccc(C)c3)CC2)CC1.I. The first-order valence-corrected chi connectivity index (χ1v) is 11.8. The van der Waals surface area contributed by atoms with E-state index in [0.717, 1.165) is 77.6 Å². The van der Waals surface area contributed by atoms with Crippen LogP contribution in [0.1, 0.15) is 31.7 Å². The highest BCUT2D eigenvalue weighted by Crippen LogP contribution is 2.19. The van der Waals surface area contributed by atoms with Gasteiger partial charge in [-0.2, -0.15) is 0 Å². The molecule has 0 amide bonds. The zero-order chi connectivity index (χ0) is 22.1. The summed E-state index contributed by atoms with van der Waals surface area (Å²) in [6.07, 6.45) is 2.78. The number of nitrogens with zero attached hydrogens (tertiary/aromatic N) is 4. The maximum atomic E-state index is 11.9. The van der Waals surface area contributed by atoms with Gasteiger partial charge in [0.1, 0.15) is 0 Å². The Balaban J connectivity index is 0.00000363. The molecule has 1 aromatic rings. The van der Waals surface area contributed by atoms with Crippen molar-refractivity contribution in [3.8, 4) is 0 Å². The molecule has 2 heterocycles. The smallest absolute Gasteiger partial charge is 0.309 e. The monoisotopic (exact) mass is 557 g/mol. The van der Waals surface area contributed by atoms with E-state index >= 15 is 0 Å². The molecule has 0 radical (unpaired) electrons. The van der Waals surface area contributed by atoms with Gasteiger partial charge < -0.3 is 19.9 Å². The molecule has 0 atom stereocenters. The van der Waals surface area contributed by atoms with Gasteiger partial charge in [-0.25, -0.2) is 0 Å². The van der Waals surface area contributed by atoms with Gasteiger partial charge in [0, 0.05) is 58.5 Å². The van der Waals surface area contributed by atoms with Gasteiger partial charge >= 0.3 is 5.97 Å². The van der Waals surface area contributed by atoms with E-state index in [1.165, 1.54) is 11.3 Å². The Hall–Kier alpha value is -1.55. The third-order valence-corrected chi connectivity index (χ3v) is 6.30. The minimum Gasteiger partial charge on any atom is -0.466 e. The van der Waals surface area contributed by atoms with Crippen LogP contribution in [-0.4, -0.2) is 87.7 Å². The lowest BCUT2D eigenvalue weighted by Crippen LogP contribution is -2.48. The topological polar surface area (TPSA) is 60.4 Å². The highest BCUT2D eigenvalue weighted by atomic mass is 127. The van der Waals surface area contributed by atoms with E-state index in [9.17, 15) is 4.79 Å². The molecule has 3 rings (SSSR count). The van der Waals surface area contributed by atoms with Crippen LogP contribution >= 0.6 is 24.0 Å². The van der Waals surface area contributed by atoms with Gasteiger partial charge in [0.15, 0.2) is 5.96 Å². The van der Waals surface area contributed by atoms with Crippen molar-refractivity contribution in [1.29, 1.82) is 0 Å². The lowest BCUT2D eigenvalue weighted by molar-refractivity contribution is -0.149. The third kappa shape index (κ3) is 7.79. The number of carbonyl (C=O) groups excluding carboxylic acids is 1. The van der Waals surface area contributed by atoms with Gasteiger partial charge in [-0.15, -0.1) is 24.0 Å². The molecular formula is C24H40IN5O2. The second-order valence-corrected chi connectivity index (χ2v) is 8.51. The van der Waals surface area contributed by atoms with Crippen molar-refractivity contribution in [2.24, 2.45) is 10.9 Å². The first-order valence-electron chi connectivity index (χ1n) is 11.8. The number of likely N-dealkylation sites (tertiary alicyclic amines) is 1. The molecule has 0 unspecified atom stereocenters. The van der Waals surface area contributed by atoms with Crippen molar-refractivity contribution in [1.82, 2.24) is 15.1 Å². The molecule has 0 bridgehead atoms. The second kappa shape index (κ2) is 13.9. The first kappa shape index (κ1) is 26.7. The van der Waals surface area contributed by atoms with E-state index in [4.69, 9.17) is 4.74 Å². The van der Waals surface area contributed by atoms with Crippen molar-refractivity contribution in [3.05, 3.63) is 29.8 Å². The van der Waals surface area contributed by atoms with Gasteiger partial charge in [-0.1, -0.05) is 12.1 Å². The van der Waals surface area contributed by atoms with Gasteiger partial charge in [-0.05, 0) is 57.4 Å². The Kier molecular flexibility index (Phi) is 11.6. The largest absolute Gasteiger partial charge is 0.466 e. The summed E-state index contributed by atoms with van der Waals surface area (Å²) in [5.41, 5.74) is 2.67. The van der Waals surface area contributed by atoms with Crippen LogP contribution in [0.25, 0.3) is 0 Å². The number of ether oxygens (including phenoxy) is 1. The molecule has 180 valence electrons. The fraction of sp³-hybridized carbons (Fsp3) is 0.667. The summed E-state index contributed by atoms with van der Waals surface area (Å²) in [6, 6.07) is 8.80. The number of piperazine rings is 1. The van der Waals surface area contributed by atoms with Crippen molar-refractivity contribution < 1.29 is 9.53 Å². The third-order valence-electron chi connectivity index (χ3n) is 6.30. The first-order chi connectivity index (χ1) is 15.1. The summed E-state index contributed by atoms with van der Waals surface area (Å²) >= 11 is 0. The summed E-state index contributed by atoms with van der Waals surface area (Å²) in [4.78, 5) is 23.7. The van der Waals surface area contributed by atoms with Gasteiger partial charge in [0.05, 0.1) is 12.5 Å². The quantitative estimate of drug-likeness (QED) is 0.183. The molecule has 2 aliphatic rings. The molecule has 0 aliphatic carbocycles. The maximum absolute atomic E-state index is 11.9. The van der Waals surface area contributed by atoms with Crippen molar-refractivity contribution in [2.75, 3.05) is 70.9 Å². The Bertz CT molecular complexity index is 729. The number of carbonyl (C=O) groups is 1. The van der Waals surface area contributed by atoms with Crippen LogP contribution in [0.4, 0.5) is 5.69 Å². The molecule has 2 saturated heterocycles.